The lowest BCUT2D eigenvalue weighted by molar-refractivity contribution is -0.917. The van der Waals surface area contributed by atoms with Crippen molar-refractivity contribution in [1.82, 2.24) is 29.1 Å². The lowest BCUT2D eigenvalue weighted by atomic mass is 9.92. The Morgan fingerprint density at radius 2 is 1.65 bits per heavy atom. The van der Waals surface area contributed by atoms with E-state index in [0.29, 0.717) is 56.4 Å². The SMILES string of the molecule is CC(C)(C)OC(=O)N1CCC(C[N+]2(C)CCC(C(=O)N3CCN(C(=O)c4ccc(Nc5nccn6c(-c7ccc(OC(F)F)c(F)c7F)cnc56)cc4Cl)CC3)CC2)C1.[I-]. The van der Waals surface area contributed by atoms with Crippen LogP contribution in [0.3, 0.4) is 0 Å². The molecule has 2 aromatic heterocycles. The number of quaternary nitrogens is 1. The van der Waals surface area contributed by atoms with Crippen molar-refractivity contribution >= 4 is 46.7 Å². The van der Waals surface area contributed by atoms with Crippen molar-refractivity contribution < 1.29 is 69.9 Å². The first-order valence-corrected chi connectivity index (χ1v) is 20.1. The molecule has 4 aromatic rings. The topological polar surface area (TPSA) is 122 Å². The Morgan fingerprint density at radius 3 is 2.32 bits per heavy atom. The van der Waals surface area contributed by atoms with E-state index in [0.717, 1.165) is 55.5 Å². The number of hydrogen-bond donors (Lipinski definition) is 1. The number of rotatable bonds is 9. The summed E-state index contributed by atoms with van der Waals surface area (Å²) in [5.41, 5.74) is 0.407. The Hall–Kier alpha value is -4.43. The quantitative estimate of drug-likeness (QED) is 0.152. The first-order chi connectivity index (χ1) is 28.0. The van der Waals surface area contributed by atoms with Crippen LogP contribution in [0.1, 0.15) is 50.4 Å². The number of halogens is 6. The Balaban J connectivity index is 0.00000604. The maximum absolute atomic E-state index is 14.9. The maximum atomic E-state index is 14.9. The lowest BCUT2D eigenvalue weighted by Crippen LogP contribution is -3.00. The van der Waals surface area contributed by atoms with Gasteiger partial charge in [0.15, 0.2) is 23.0 Å². The summed E-state index contributed by atoms with van der Waals surface area (Å²) in [4.78, 5) is 53.8. The second-order valence-electron chi connectivity index (χ2n) is 16.8. The Kier molecular flexibility index (Phi) is 13.7. The van der Waals surface area contributed by atoms with Crippen LogP contribution < -0.4 is 34.0 Å². The summed E-state index contributed by atoms with van der Waals surface area (Å²) in [6.07, 6.45) is 6.49. The fourth-order valence-electron chi connectivity index (χ4n) is 8.30. The molecular weight excluding hydrogens is 923 g/mol. The summed E-state index contributed by atoms with van der Waals surface area (Å²) in [5.74, 6) is -3.38. The molecule has 3 saturated heterocycles. The van der Waals surface area contributed by atoms with Crippen molar-refractivity contribution in [3.05, 3.63) is 71.1 Å². The minimum absolute atomic E-state index is 0. The van der Waals surface area contributed by atoms with Crippen LogP contribution >= 0.6 is 11.6 Å². The molecule has 1 atom stereocenters. The lowest BCUT2D eigenvalue weighted by Gasteiger charge is -2.43. The number of nitrogens with one attached hydrogen (secondary N) is 1. The number of carbonyl (C=O) groups excluding carboxylic acids is 3. The number of fused-ring (bicyclic) bond motifs is 1. The first kappa shape index (κ1) is 45.1. The highest BCUT2D eigenvalue weighted by Crippen LogP contribution is 2.34. The van der Waals surface area contributed by atoms with E-state index in [4.69, 9.17) is 16.3 Å². The van der Waals surface area contributed by atoms with Crippen molar-refractivity contribution in [3.8, 4) is 17.0 Å². The molecule has 0 spiro atoms. The van der Waals surface area contributed by atoms with Crippen molar-refractivity contribution in [3.63, 3.8) is 0 Å². The minimum atomic E-state index is -3.32. The summed E-state index contributed by atoms with van der Waals surface area (Å²) in [6, 6.07) is 6.86. The van der Waals surface area contributed by atoms with Crippen LogP contribution in [0.2, 0.25) is 5.02 Å². The monoisotopic (exact) mass is 970 g/mol. The number of amides is 3. The third kappa shape index (κ3) is 10.0. The van der Waals surface area contributed by atoms with Gasteiger partial charge in [0.1, 0.15) is 5.60 Å². The van der Waals surface area contributed by atoms with Gasteiger partial charge in [0.2, 0.25) is 11.7 Å². The van der Waals surface area contributed by atoms with E-state index in [1.807, 2.05) is 30.6 Å². The number of imidazole rings is 1. The number of alkyl halides is 2. The van der Waals surface area contributed by atoms with Gasteiger partial charge in [-0.05, 0) is 57.5 Å². The molecule has 3 amide bonds. The molecule has 5 heterocycles. The molecule has 3 fully saturated rings. The number of ether oxygens (including phenoxy) is 2. The number of carbonyl (C=O) groups is 3. The molecular formula is C41H48ClF4IN8O5. The zero-order chi connectivity index (χ0) is 42.2. The molecule has 3 aliphatic rings. The predicted molar refractivity (Wildman–Crippen MR) is 212 cm³/mol. The van der Waals surface area contributed by atoms with E-state index in [-0.39, 0.29) is 75.5 Å². The van der Waals surface area contributed by atoms with E-state index in [1.165, 1.54) is 23.0 Å². The van der Waals surface area contributed by atoms with Gasteiger partial charge in [-0.2, -0.15) is 13.2 Å². The van der Waals surface area contributed by atoms with Crippen molar-refractivity contribution in [1.29, 1.82) is 0 Å². The van der Waals surface area contributed by atoms with Crippen LogP contribution in [0.15, 0.2) is 48.9 Å². The molecule has 1 unspecified atom stereocenters. The number of anilines is 2. The minimum Gasteiger partial charge on any atom is -1.00 e. The highest BCUT2D eigenvalue weighted by Gasteiger charge is 2.40. The highest BCUT2D eigenvalue weighted by atomic mass is 127. The average molecular weight is 971 g/mol. The second-order valence-corrected chi connectivity index (χ2v) is 17.2. The molecule has 19 heteroatoms. The van der Waals surface area contributed by atoms with Crippen LogP contribution in [0.4, 0.5) is 33.9 Å². The largest absolute Gasteiger partial charge is 1.00 e. The fraction of sp³-hybridized carbons (Fsp3) is 0.488. The van der Waals surface area contributed by atoms with Gasteiger partial charge in [-0.1, -0.05) is 11.6 Å². The zero-order valence-corrected chi connectivity index (χ0v) is 36.7. The standard InChI is InChI=1S/C41H47ClF4N8O5.HI/c1-41(2,3)59-40(57)52-13-9-25(23-52)24-54(4)19-10-26(11-20-54)37(55)50-15-17-51(18-16-50)38(56)28-6-5-27(21-30(28)42)49-35-36-48-22-31(53(36)14-12-47-35)29-7-8-32(58-39(45)46)34(44)33(29)43;/h5-8,12,14,21-22,25-26,39H,9-11,13,15-20,23-24H2,1-4H3;1H. The molecule has 60 heavy (non-hydrogen) atoms. The highest BCUT2D eigenvalue weighted by molar-refractivity contribution is 6.34. The van der Waals surface area contributed by atoms with E-state index in [2.05, 4.69) is 27.1 Å². The summed E-state index contributed by atoms with van der Waals surface area (Å²) in [7, 11) is 2.25. The average Bonchev–Trinajstić information content (AvgIpc) is 3.84. The Morgan fingerprint density at radius 1 is 0.950 bits per heavy atom. The molecule has 3 aliphatic heterocycles. The normalized spacial score (nSPS) is 20.9. The summed E-state index contributed by atoms with van der Waals surface area (Å²) in [5, 5.41) is 3.29. The number of hydrogen-bond acceptors (Lipinski definition) is 8. The van der Waals surface area contributed by atoms with Crippen molar-refractivity contribution in [2.24, 2.45) is 11.8 Å². The van der Waals surface area contributed by atoms with Crippen molar-refractivity contribution in [2.75, 3.05) is 71.3 Å². The van der Waals surface area contributed by atoms with E-state index in [9.17, 15) is 31.9 Å². The molecule has 13 nitrogen and oxygen atoms in total. The molecule has 0 saturated carbocycles. The summed E-state index contributed by atoms with van der Waals surface area (Å²) in [6.45, 7) is 8.07. The fourth-order valence-corrected chi connectivity index (χ4v) is 8.56. The van der Waals surface area contributed by atoms with Gasteiger partial charge in [-0.3, -0.25) is 14.0 Å². The first-order valence-electron chi connectivity index (χ1n) is 19.7. The summed E-state index contributed by atoms with van der Waals surface area (Å²) >= 11 is 6.64. The number of piperazine rings is 1. The smallest absolute Gasteiger partial charge is 0.410 e. The number of piperidine rings is 1. The maximum Gasteiger partial charge on any atom is 0.410 e. The van der Waals surface area contributed by atoms with E-state index >= 15 is 0 Å². The van der Waals surface area contributed by atoms with Crippen molar-refractivity contribution in [2.45, 2.75) is 52.2 Å². The molecule has 0 radical (unpaired) electrons. The van der Waals surface area contributed by atoms with Gasteiger partial charge in [-0.15, -0.1) is 0 Å². The Bertz CT molecular complexity index is 2230. The summed E-state index contributed by atoms with van der Waals surface area (Å²) < 4.78 is 66.6. The molecule has 0 bridgehead atoms. The predicted octanol–water partition coefficient (Wildman–Crippen LogP) is 4.07. The number of nitrogens with zero attached hydrogens (tertiary/aromatic N) is 7. The molecule has 7 rings (SSSR count). The third-order valence-corrected chi connectivity index (χ3v) is 11.6. The van der Waals surface area contributed by atoms with E-state index in [1.54, 1.807) is 23.1 Å². The number of benzene rings is 2. The van der Waals surface area contributed by atoms with Gasteiger partial charge in [0, 0.05) is 87.6 Å². The van der Waals surface area contributed by atoms with Gasteiger partial charge in [0.25, 0.3) is 5.91 Å². The van der Waals surface area contributed by atoms with Crippen LogP contribution in [-0.2, 0) is 9.53 Å². The van der Waals surface area contributed by atoms with E-state index < -0.39 is 29.6 Å². The third-order valence-electron chi connectivity index (χ3n) is 11.3. The molecule has 324 valence electrons. The Labute approximate surface area is 367 Å². The van der Waals surface area contributed by atoms with Gasteiger partial charge < -0.3 is 57.9 Å². The number of aromatic nitrogens is 3. The van der Waals surface area contributed by atoms with Gasteiger partial charge >= 0.3 is 12.7 Å². The second kappa shape index (κ2) is 18.3. The number of likely N-dealkylation sites (tertiary alicyclic amines) is 2. The molecule has 1 N–H and O–H groups in total. The van der Waals surface area contributed by atoms with Gasteiger partial charge in [0.05, 0.1) is 49.2 Å². The van der Waals surface area contributed by atoms with Crippen LogP contribution in [-0.4, -0.2) is 130 Å². The zero-order valence-electron chi connectivity index (χ0n) is 33.8. The van der Waals surface area contributed by atoms with Gasteiger partial charge in [-0.25, -0.2) is 19.2 Å². The van der Waals surface area contributed by atoms with Crippen LogP contribution in [0, 0.1) is 23.5 Å². The van der Waals surface area contributed by atoms with Crippen LogP contribution in [0.25, 0.3) is 16.9 Å². The van der Waals surface area contributed by atoms with Crippen LogP contribution in [0.5, 0.6) is 5.75 Å². The molecule has 2 aromatic carbocycles. The molecule has 0 aliphatic carbocycles.